The first kappa shape index (κ1) is 24.0. The molecule has 7 heteroatoms. The molecule has 0 spiro atoms. The lowest BCUT2D eigenvalue weighted by atomic mass is 10.0. The predicted octanol–water partition coefficient (Wildman–Crippen LogP) is 2.37. The molecule has 0 amide bonds. The fraction of sp³-hybridized carbons (Fsp3) is 0.708. The summed E-state index contributed by atoms with van der Waals surface area (Å²) in [5, 5.41) is 6.84. The van der Waals surface area contributed by atoms with Crippen molar-refractivity contribution in [3.63, 3.8) is 0 Å². The molecule has 2 fully saturated rings. The van der Waals surface area contributed by atoms with Gasteiger partial charge in [-0.05, 0) is 32.3 Å². The summed E-state index contributed by atoms with van der Waals surface area (Å²) in [6.07, 6.45) is 2.09. The molecule has 2 heterocycles. The first-order valence-electron chi connectivity index (χ1n) is 11.8. The number of ether oxygens (including phenoxy) is 3. The molecule has 1 aromatic carbocycles. The summed E-state index contributed by atoms with van der Waals surface area (Å²) in [5.41, 5.74) is 2.61. The molecule has 2 unspecified atom stereocenters. The number of benzene rings is 1. The van der Waals surface area contributed by atoms with Crippen LogP contribution >= 0.6 is 0 Å². The third-order valence-electron chi connectivity index (χ3n) is 5.82. The maximum Gasteiger partial charge on any atom is 0.191 e. The number of hydrogen-bond acceptors (Lipinski definition) is 5. The highest BCUT2D eigenvalue weighted by Gasteiger charge is 2.22. The quantitative estimate of drug-likeness (QED) is 0.318. The van der Waals surface area contributed by atoms with Crippen LogP contribution in [-0.4, -0.2) is 83.2 Å². The van der Waals surface area contributed by atoms with Gasteiger partial charge in [-0.2, -0.15) is 0 Å². The third-order valence-corrected chi connectivity index (χ3v) is 5.82. The van der Waals surface area contributed by atoms with Crippen molar-refractivity contribution in [2.45, 2.75) is 32.7 Å². The van der Waals surface area contributed by atoms with Gasteiger partial charge < -0.3 is 24.8 Å². The zero-order valence-corrected chi connectivity index (χ0v) is 19.3. The van der Waals surface area contributed by atoms with Crippen molar-refractivity contribution in [1.82, 2.24) is 15.5 Å². The lowest BCUT2D eigenvalue weighted by Crippen LogP contribution is -2.42. The van der Waals surface area contributed by atoms with Crippen LogP contribution in [0.4, 0.5) is 0 Å². The summed E-state index contributed by atoms with van der Waals surface area (Å²) in [7, 11) is 0. The Morgan fingerprint density at radius 2 is 2.10 bits per heavy atom. The second-order valence-corrected chi connectivity index (χ2v) is 8.38. The van der Waals surface area contributed by atoms with Gasteiger partial charge in [0.25, 0.3) is 0 Å². The minimum Gasteiger partial charge on any atom is -0.381 e. The van der Waals surface area contributed by atoms with Crippen LogP contribution in [0.1, 0.15) is 36.9 Å². The molecule has 7 nitrogen and oxygen atoms in total. The number of hydrogen-bond donors (Lipinski definition) is 2. The molecule has 3 rings (SSSR count). The Morgan fingerprint density at radius 1 is 1.23 bits per heavy atom. The second kappa shape index (κ2) is 13.7. The smallest absolute Gasteiger partial charge is 0.191 e. The zero-order valence-electron chi connectivity index (χ0n) is 19.3. The normalized spacial score (nSPS) is 21.2. The van der Waals surface area contributed by atoms with E-state index in [1.54, 1.807) is 0 Å². The Morgan fingerprint density at radius 3 is 2.84 bits per heavy atom. The van der Waals surface area contributed by atoms with Crippen molar-refractivity contribution in [2.75, 3.05) is 72.4 Å². The molecule has 2 aliphatic rings. The van der Waals surface area contributed by atoms with Crippen LogP contribution in [-0.2, 0) is 14.2 Å². The van der Waals surface area contributed by atoms with E-state index < -0.39 is 0 Å². The Hall–Kier alpha value is -1.67. The molecule has 2 atom stereocenters. The van der Waals surface area contributed by atoms with Gasteiger partial charge in [-0.15, -0.1) is 0 Å². The number of nitrogens with one attached hydrogen (secondary N) is 2. The van der Waals surface area contributed by atoms with Crippen molar-refractivity contribution in [3.8, 4) is 0 Å². The molecular formula is C24H40N4O3. The number of guanidine groups is 1. The molecule has 0 bridgehead atoms. The highest BCUT2D eigenvalue weighted by Crippen LogP contribution is 2.23. The minimum absolute atomic E-state index is 0.260. The fourth-order valence-corrected chi connectivity index (χ4v) is 4.06. The summed E-state index contributed by atoms with van der Waals surface area (Å²) in [6.45, 7) is 13.4. The van der Waals surface area contributed by atoms with E-state index in [0.29, 0.717) is 5.92 Å². The number of nitrogens with zero attached hydrogens (tertiary/aromatic N) is 2. The van der Waals surface area contributed by atoms with Gasteiger partial charge in [0, 0.05) is 45.3 Å². The van der Waals surface area contributed by atoms with Crippen LogP contribution in [0.5, 0.6) is 0 Å². The van der Waals surface area contributed by atoms with Crippen LogP contribution in [0.2, 0.25) is 0 Å². The van der Waals surface area contributed by atoms with Gasteiger partial charge in [0.05, 0.1) is 39.0 Å². The topological polar surface area (TPSA) is 67.4 Å². The van der Waals surface area contributed by atoms with Crippen LogP contribution in [0.15, 0.2) is 29.3 Å². The average molecular weight is 433 g/mol. The molecule has 0 saturated carbocycles. The van der Waals surface area contributed by atoms with E-state index >= 15 is 0 Å². The Bertz CT molecular complexity index is 658. The second-order valence-electron chi connectivity index (χ2n) is 8.38. The summed E-state index contributed by atoms with van der Waals surface area (Å²) in [4.78, 5) is 7.42. The van der Waals surface area contributed by atoms with Crippen LogP contribution < -0.4 is 10.6 Å². The molecule has 2 aliphatic heterocycles. The first-order valence-corrected chi connectivity index (χ1v) is 11.8. The zero-order chi connectivity index (χ0) is 21.7. The molecule has 0 radical (unpaired) electrons. The maximum absolute atomic E-state index is 5.81. The van der Waals surface area contributed by atoms with Crippen molar-refractivity contribution in [2.24, 2.45) is 10.9 Å². The van der Waals surface area contributed by atoms with Crippen molar-refractivity contribution in [3.05, 3.63) is 35.4 Å². The van der Waals surface area contributed by atoms with Gasteiger partial charge in [-0.3, -0.25) is 9.89 Å². The van der Waals surface area contributed by atoms with Gasteiger partial charge in [-0.25, -0.2) is 0 Å². The fourth-order valence-electron chi connectivity index (χ4n) is 4.06. The highest BCUT2D eigenvalue weighted by molar-refractivity contribution is 5.79. The number of aliphatic imine (C=N–C) groups is 1. The van der Waals surface area contributed by atoms with Gasteiger partial charge in [0.1, 0.15) is 0 Å². The molecule has 2 N–H and O–H groups in total. The van der Waals surface area contributed by atoms with E-state index in [4.69, 9.17) is 19.2 Å². The van der Waals surface area contributed by atoms with E-state index in [9.17, 15) is 0 Å². The van der Waals surface area contributed by atoms with Gasteiger partial charge >= 0.3 is 0 Å². The maximum atomic E-state index is 5.81. The number of rotatable bonds is 11. The Kier molecular flexibility index (Phi) is 10.6. The van der Waals surface area contributed by atoms with Gasteiger partial charge in [0.2, 0.25) is 0 Å². The molecule has 1 aromatic rings. The molecule has 2 saturated heterocycles. The summed E-state index contributed by atoms with van der Waals surface area (Å²) >= 11 is 0. The first-order chi connectivity index (χ1) is 15.3. The summed E-state index contributed by atoms with van der Waals surface area (Å²) in [6, 6.07) is 9.05. The standard InChI is InChI=1S/C24H40N4O3/c1-3-25-24(26-9-5-12-30-18-21-8-13-31-19-21)27-17-23(28-10-14-29-15-11-28)22-7-4-6-20(2)16-22/h4,6-7,16,21,23H,3,5,8-15,17-19H2,1-2H3,(H2,25,26,27). The van der Waals surface area contributed by atoms with Crippen molar-refractivity contribution >= 4 is 5.96 Å². The SMILES string of the molecule is CCNC(=NCC(c1cccc(C)c1)N1CCOCC1)NCCCOCC1CCOC1. The van der Waals surface area contributed by atoms with E-state index in [2.05, 4.69) is 53.6 Å². The molecule has 0 aliphatic carbocycles. The lowest BCUT2D eigenvalue weighted by molar-refractivity contribution is 0.0179. The van der Waals surface area contributed by atoms with Gasteiger partial charge in [-0.1, -0.05) is 29.8 Å². The van der Waals surface area contributed by atoms with Crippen LogP contribution in [0.3, 0.4) is 0 Å². The van der Waals surface area contributed by atoms with Crippen molar-refractivity contribution in [1.29, 1.82) is 0 Å². The average Bonchev–Trinajstić information content (AvgIpc) is 3.30. The number of aryl methyl sites for hydroxylation is 1. The minimum atomic E-state index is 0.260. The molecule has 31 heavy (non-hydrogen) atoms. The summed E-state index contributed by atoms with van der Waals surface area (Å²) in [5.74, 6) is 1.45. The molecule has 0 aromatic heterocycles. The Labute approximate surface area is 187 Å². The lowest BCUT2D eigenvalue weighted by Gasteiger charge is -2.34. The number of morpholine rings is 1. The van der Waals surface area contributed by atoms with E-state index in [-0.39, 0.29) is 6.04 Å². The van der Waals surface area contributed by atoms with E-state index in [1.165, 1.54) is 11.1 Å². The molecule has 174 valence electrons. The monoisotopic (exact) mass is 432 g/mol. The highest BCUT2D eigenvalue weighted by atomic mass is 16.5. The predicted molar refractivity (Wildman–Crippen MR) is 125 cm³/mol. The van der Waals surface area contributed by atoms with Crippen LogP contribution in [0.25, 0.3) is 0 Å². The van der Waals surface area contributed by atoms with E-state index in [0.717, 1.165) is 91.2 Å². The Balaban J connectivity index is 1.50. The van der Waals surface area contributed by atoms with Crippen LogP contribution in [0, 0.1) is 12.8 Å². The molecular weight excluding hydrogens is 392 g/mol. The summed E-state index contributed by atoms with van der Waals surface area (Å²) < 4.78 is 16.8. The van der Waals surface area contributed by atoms with E-state index in [1.807, 2.05) is 0 Å². The van der Waals surface area contributed by atoms with Crippen molar-refractivity contribution < 1.29 is 14.2 Å². The third kappa shape index (κ3) is 8.41. The van der Waals surface area contributed by atoms with Gasteiger partial charge in [0.15, 0.2) is 5.96 Å². The largest absolute Gasteiger partial charge is 0.381 e.